The monoisotopic (exact) mass is 325 g/mol. The Morgan fingerprint density at radius 2 is 2.21 bits per heavy atom. The Hall–Kier alpha value is -1.24. The highest BCUT2D eigenvalue weighted by molar-refractivity contribution is 9.10. The van der Waals surface area contributed by atoms with Crippen molar-refractivity contribution in [1.29, 1.82) is 0 Å². The van der Waals surface area contributed by atoms with E-state index in [1.165, 1.54) is 0 Å². The van der Waals surface area contributed by atoms with Gasteiger partial charge in [-0.05, 0) is 19.1 Å². The number of benzene rings is 1. The number of aromatic nitrogens is 3. The van der Waals surface area contributed by atoms with Crippen molar-refractivity contribution in [3.05, 3.63) is 34.6 Å². The van der Waals surface area contributed by atoms with Crippen molar-refractivity contribution in [3.63, 3.8) is 0 Å². The molecule has 6 heteroatoms. The second kappa shape index (κ2) is 6.79. The van der Waals surface area contributed by atoms with Crippen LogP contribution in [0.25, 0.3) is 11.4 Å². The summed E-state index contributed by atoms with van der Waals surface area (Å²) in [5, 5.41) is 7.12. The van der Waals surface area contributed by atoms with E-state index < -0.39 is 0 Å². The smallest absolute Gasteiger partial charge is 0.181 e. The SMILES string of the molecule is COCCOC(C)c1nc(-c2cccc(Br)c2)n[nH]1. The van der Waals surface area contributed by atoms with Crippen molar-refractivity contribution in [2.45, 2.75) is 13.0 Å². The van der Waals surface area contributed by atoms with E-state index >= 15 is 0 Å². The van der Waals surface area contributed by atoms with Crippen LogP contribution in [0.15, 0.2) is 28.7 Å². The summed E-state index contributed by atoms with van der Waals surface area (Å²) < 4.78 is 11.5. The second-order valence-corrected chi connectivity index (χ2v) is 4.98. The second-order valence-electron chi connectivity index (χ2n) is 4.06. The van der Waals surface area contributed by atoms with Crippen LogP contribution in [0, 0.1) is 0 Å². The number of hydrogen-bond donors (Lipinski definition) is 1. The lowest BCUT2D eigenvalue weighted by Crippen LogP contribution is -2.07. The molecule has 5 nitrogen and oxygen atoms in total. The first kappa shape index (κ1) is 14.2. The van der Waals surface area contributed by atoms with Gasteiger partial charge in [-0.1, -0.05) is 28.1 Å². The zero-order chi connectivity index (χ0) is 13.7. The first-order chi connectivity index (χ1) is 9.20. The molecule has 0 spiro atoms. The van der Waals surface area contributed by atoms with E-state index in [1.54, 1.807) is 7.11 Å². The molecular formula is C13H16BrN3O2. The maximum Gasteiger partial charge on any atom is 0.181 e. The number of ether oxygens (including phenoxy) is 2. The maximum atomic E-state index is 5.57. The van der Waals surface area contributed by atoms with Crippen molar-refractivity contribution >= 4 is 15.9 Å². The van der Waals surface area contributed by atoms with Crippen LogP contribution in [0.4, 0.5) is 0 Å². The molecule has 0 aliphatic carbocycles. The fourth-order valence-electron chi connectivity index (χ4n) is 1.60. The first-order valence-corrected chi connectivity index (χ1v) is 6.79. The summed E-state index contributed by atoms with van der Waals surface area (Å²) in [5.41, 5.74) is 0.959. The summed E-state index contributed by atoms with van der Waals surface area (Å²) in [6.07, 6.45) is -0.136. The van der Waals surface area contributed by atoms with E-state index in [0.29, 0.717) is 24.9 Å². The molecule has 102 valence electrons. The molecule has 1 aromatic heterocycles. The maximum absolute atomic E-state index is 5.57. The van der Waals surface area contributed by atoms with E-state index in [2.05, 4.69) is 31.1 Å². The Morgan fingerprint density at radius 3 is 2.95 bits per heavy atom. The highest BCUT2D eigenvalue weighted by Crippen LogP contribution is 2.21. The third-order valence-electron chi connectivity index (χ3n) is 2.63. The van der Waals surface area contributed by atoms with Crippen LogP contribution in [0.3, 0.4) is 0 Å². The van der Waals surface area contributed by atoms with E-state index in [0.717, 1.165) is 10.0 Å². The molecule has 0 radical (unpaired) electrons. The highest BCUT2D eigenvalue weighted by atomic mass is 79.9. The molecule has 2 rings (SSSR count). The first-order valence-electron chi connectivity index (χ1n) is 5.99. The lowest BCUT2D eigenvalue weighted by molar-refractivity contribution is 0.0217. The Morgan fingerprint density at radius 1 is 1.37 bits per heavy atom. The molecule has 0 amide bonds. The number of nitrogens with one attached hydrogen (secondary N) is 1. The molecule has 0 saturated carbocycles. The van der Waals surface area contributed by atoms with Crippen LogP contribution in [-0.2, 0) is 9.47 Å². The number of nitrogens with zero attached hydrogens (tertiary/aromatic N) is 2. The van der Waals surface area contributed by atoms with Gasteiger partial charge in [-0.3, -0.25) is 5.10 Å². The van der Waals surface area contributed by atoms with Crippen molar-refractivity contribution in [1.82, 2.24) is 15.2 Å². The van der Waals surface area contributed by atoms with Crippen LogP contribution in [0.2, 0.25) is 0 Å². The van der Waals surface area contributed by atoms with E-state index in [-0.39, 0.29) is 6.10 Å². The number of rotatable bonds is 6. The number of halogens is 1. The molecule has 0 aliphatic rings. The summed E-state index contributed by atoms with van der Waals surface area (Å²) in [4.78, 5) is 4.45. The van der Waals surface area contributed by atoms with Crippen LogP contribution >= 0.6 is 15.9 Å². The van der Waals surface area contributed by atoms with Crippen LogP contribution in [0.1, 0.15) is 18.9 Å². The molecule has 1 heterocycles. The molecule has 19 heavy (non-hydrogen) atoms. The largest absolute Gasteiger partial charge is 0.382 e. The predicted octanol–water partition coefficient (Wildman–Crippen LogP) is 2.96. The van der Waals surface area contributed by atoms with E-state index in [1.807, 2.05) is 31.2 Å². The van der Waals surface area contributed by atoms with Crippen LogP contribution in [-0.4, -0.2) is 35.5 Å². The standard InChI is InChI=1S/C13H16BrN3O2/c1-9(19-7-6-18-2)12-15-13(17-16-12)10-4-3-5-11(14)8-10/h3-5,8-9H,6-7H2,1-2H3,(H,15,16,17). The molecule has 1 unspecified atom stereocenters. The normalized spacial score (nSPS) is 12.6. The molecule has 1 aromatic carbocycles. The van der Waals surface area contributed by atoms with Crippen molar-refractivity contribution in [2.24, 2.45) is 0 Å². The fourth-order valence-corrected chi connectivity index (χ4v) is 2.00. The summed E-state index contributed by atoms with van der Waals surface area (Å²) in [5.74, 6) is 1.38. The van der Waals surface area contributed by atoms with Gasteiger partial charge in [0.05, 0.1) is 13.2 Å². The molecule has 0 aliphatic heterocycles. The van der Waals surface area contributed by atoms with Crippen molar-refractivity contribution in [3.8, 4) is 11.4 Å². The average molecular weight is 326 g/mol. The average Bonchev–Trinajstić information content (AvgIpc) is 2.88. The van der Waals surface area contributed by atoms with Gasteiger partial charge in [0.15, 0.2) is 11.6 Å². The topological polar surface area (TPSA) is 60.0 Å². The Balaban J connectivity index is 2.06. The van der Waals surface area contributed by atoms with Crippen LogP contribution < -0.4 is 0 Å². The molecule has 0 saturated heterocycles. The lowest BCUT2D eigenvalue weighted by Gasteiger charge is -2.08. The van der Waals surface area contributed by atoms with Crippen LogP contribution in [0.5, 0.6) is 0 Å². The number of hydrogen-bond acceptors (Lipinski definition) is 4. The van der Waals surface area contributed by atoms with Gasteiger partial charge in [0, 0.05) is 17.1 Å². The van der Waals surface area contributed by atoms with Crippen molar-refractivity contribution < 1.29 is 9.47 Å². The van der Waals surface area contributed by atoms with Gasteiger partial charge in [-0.2, -0.15) is 5.10 Å². The van der Waals surface area contributed by atoms with Gasteiger partial charge >= 0.3 is 0 Å². The lowest BCUT2D eigenvalue weighted by atomic mass is 10.2. The molecule has 0 bridgehead atoms. The zero-order valence-corrected chi connectivity index (χ0v) is 12.5. The van der Waals surface area contributed by atoms with E-state index in [4.69, 9.17) is 9.47 Å². The minimum atomic E-state index is -0.136. The van der Waals surface area contributed by atoms with E-state index in [9.17, 15) is 0 Å². The molecule has 2 aromatic rings. The van der Waals surface area contributed by atoms with Gasteiger partial charge in [-0.25, -0.2) is 4.98 Å². The predicted molar refractivity (Wildman–Crippen MR) is 75.8 cm³/mol. The molecule has 1 atom stereocenters. The third kappa shape index (κ3) is 3.86. The Bertz CT molecular complexity index is 530. The fraction of sp³-hybridized carbons (Fsp3) is 0.385. The highest BCUT2D eigenvalue weighted by Gasteiger charge is 2.12. The summed E-state index contributed by atoms with van der Waals surface area (Å²) in [6.45, 7) is 3.03. The van der Waals surface area contributed by atoms with Gasteiger partial charge < -0.3 is 9.47 Å². The minimum Gasteiger partial charge on any atom is -0.382 e. The molecule has 0 fully saturated rings. The number of aromatic amines is 1. The Kier molecular flexibility index (Phi) is 5.07. The van der Waals surface area contributed by atoms with Gasteiger partial charge in [0.2, 0.25) is 0 Å². The van der Waals surface area contributed by atoms with Crippen molar-refractivity contribution in [2.75, 3.05) is 20.3 Å². The summed E-state index contributed by atoms with van der Waals surface area (Å²) in [7, 11) is 1.65. The zero-order valence-electron chi connectivity index (χ0n) is 10.9. The molecular weight excluding hydrogens is 310 g/mol. The van der Waals surface area contributed by atoms with Gasteiger partial charge in [-0.15, -0.1) is 0 Å². The minimum absolute atomic E-state index is 0.136. The number of H-pyrrole nitrogens is 1. The summed E-state index contributed by atoms with van der Waals surface area (Å²) in [6, 6.07) is 7.86. The number of methoxy groups -OCH3 is 1. The van der Waals surface area contributed by atoms with Gasteiger partial charge in [0.25, 0.3) is 0 Å². The summed E-state index contributed by atoms with van der Waals surface area (Å²) >= 11 is 3.43. The third-order valence-corrected chi connectivity index (χ3v) is 3.12. The Labute approximate surface area is 120 Å². The molecule has 1 N–H and O–H groups in total. The quantitative estimate of drug-likeness (QED) is 0.829. The van der Waals surface area contributed by atoms with Gasteiger partial charge in [0.1, 0.15) is 6.10 Å².